The second-order valence-corrected chi connectivity index (χ2v) is 5.72. The number of carboxylic acid groups (broad SMARTS) is 1. The summed E-state index contributed by atoms with van der Waals surface area (Å²) in [6.07, 6.45) is 1.97. The first kappa shape index (κ1) is 15.1. The highest BCUT2D eigenvalue weighted by molar-refractivity contribution is 5.80. The molecule has 0 spiro atoms. The standard InChI is InChI=1S/C14H24N2O4/c1-3-11-9-20-8-7-16(11)13(19)15-6-5-14(4-2,10-15)12(17)18/h11H,3-10H2,1-2H3,(H,17,18). The molecule has 0 aromatic rings. The number of hydrogen-bond donors (Lipinski definition) is 1. The van der Waals surface area contributed by atoms with Crippen molar-refractivity contribution in [3.8, 4) is 0 Å². The van der Waals surface area contributed by atoms with E-state index in [0.29, 0.717) is 45.7 Å². The Kier molecular flexibility index (Phi) is 4.52. The molecule has 6 nitrogen and oxygen atoms in total. The molecular weight excluding hydrogens is 260 g/mol. The van der Waals surface area contributed by atoms with Crippen LogP contribution < -0.4 is 0 Å². The molecule has 2 rings (SSSR count). The van der Waals surface area contributed by atoms with Crippen molar-refractivity contribution in [1.29, 1.82) is 0 Å². The number of morpholine rings is 1. The van der Waals surface area contributed by atoms with Crippen molar-refractivity contribution in [2.24, 2.45) is 5.41 Å². The maximum Gasteiger partial charge on any atom is 0.320 e. The zero-order chi connectivity index (χ0) is 14.8. The summed E-state index contributed by atoms with van der Waals surface area (Å²) in [6.45, 7) is 6.52. The quantitative estimate of drug-likeness (QED) is 0.850. The number of aliphatic carboxylic acids is 1. The Morgan fingerprint density at radius 2 is 2.10 bits per heavy atom. The first-order chi connectivity index (χ1) is 9.54. The molecule has 0 aliphatic carbocycles. The van der Waals surface area contributed by atoms with E-state index < -0.39 is 11.4 Å². The number of hydrogen-bond acceptors (Lipinski definition) is 3. The average Bonchev–Trinajstić information content (AvgIpc) is 2.92. The monoisotopic (exact) mass is 284 g/mol. The molecule has 0 bridgehead atoms. The Labute approximate surface area is 119 Å². The van der Waals surface area contributed by atoms with E-state index in [-0.39, 0.29) is 12.1 Å². The molecule has 2 amide bonds. The van der Waals surface area contributed by atoms with Crippen LogP contribution in [0.15, 0.2) is 0 Å². The van der Waals surface area contributed by atoms with Crippen LogP contribution in [0.4, 0.5) is 4.79 Å². The lowest BCUT2D eigenvalue weighted by Gasteiger charge is -2.37. The highest BCUT2D eigenvalue weighted by Crippen LogP contribution is 2.35. The van der Waals surface area contributed by atoms with Crippen LogP contribution in [0.2, 0.25) is 0 Å². The molecule has 2 heterocycles. The van der Waals surface area contributed by atoms with Gasteiger partial charge >= 0.3 is 12.0 Å². The Balaban J connectivity index is 2.05. The summed E-state index contributed by atoms with van der Waals surface area (Å²) in [7, 11) is 0. The van der Waals surface area contributed by atoms with Gasteiger partial charge in [-0.05, 0) is 19.3 Å². The number of likely N-dealkylation sites (tertiary alicyclic amines) is 1. The van der Waals surface area contributed by atoms with Gasteiger partial charge in [0, 0.05) is 19.6 Å². The zero-order valence-corrected chi connectivity index (χ0v) is 12.3. The molecule has 2 atom stereocenters. The molecule has 0 aromatic heterocycles. The summed E-state index contributed by atoms with van der Waals surface area (Å²) in [4.78, 5) is 27.6. The lowest BCUT2D eigenvalue weighted by molar-refractivity contribution is -0.148. The predicted molar refractivity (Wildman–Crippen MR) is 73.5 cm³/mol. The van der Waals surface area contributed by atoms with Gasteiger partial charge in [-0.3, -0.25) is 4.79 Å². The first-order valence-electron chi connectivity index (χ1n) is 7.40. The van der Waals surface area contributed by atoms with Crippen LogP contribution >= 0.6 is 0 Å². The number of carboxylic acids is 1. The van der Waals surface area contributed by atoms with Gasteiger partial charge < -0.3 is 19.6 Å². The molecule has 0 radical (unpaired) electrons. The number of amides is 2. The molecule has 2 aliphatic heterocycles. The molecular formula is C14H24N2O4. The van der Waals surface area contributed by atoms with Crippen LogP contribution in [0.3, 0.4) is 0 Å². The van der Waals surface area contributed by atoms with Crippen molar-refractivity contribution in [3.63, 3.8) is 0 Å². The van der Waals surface area contributed by atoms with Crippen LogP contribution in [-0.2, 0) is 9.53 Å². The van der Waals surface area contributed by atoms with E-state index in [9.17, 15) is 14.7 Å². The van der Waals surface area contributed by atoms with E-state index in [1.807, 2.05) is 18.7 Å². The predicted octanol–water partition coefficient (Wildman–Crippen LogP) is 1.40. The lowest BCUT2D eigenvalue weighted by atomic mass is 9.84. The Morgan fingerprint density at radius 1 is 1.35 bits per heavy atom. The fourth-order valence-electron chi connectivity index (χ4n) is 3.08. The minimum absolute atomic E-state index is 0.0308. The van der Waals surface area contributed by atoms with Gasteiger partial charge in [-0.15, -0.1) is 0 Å². The van der Waals surface area contributed by atoms with E-state index in [0.717, 1.165) is 6.42 Å². The van der Waals surface area contributed by atoms with Gasteiger partial charge in [0.15, 0.2) is 0 Å². The highest BCUT2D eigenvalue weighted by Gasteiger charge is 2.46. The Hall–Kier alpha value is -1.30. The van der Waals surface area contributed by atoms with Crippen molar-refractivity contribution in [2.75, 3.05) is 32.8 Å². The number of nitrogens with zero attached hydrogens (tertiary/aromatic N) is 2. The number of carbonyl (C=O) groups excluding carboxylic acids is 1. The molecule has 2 unspecified atom stereocenters. The summed E-state index contributed by atoms with van der Waals surface area (Å²) in [6, 6.07) is 0.0782. The lowest BCUT2D eigenvalue weighted by Crippen LogP contribution is -2.53. The molecule has 0 aromatic carbocycles. The number of ether oxygens (including phenoxy) is 1. The van der Waals surface area contributed by atoms with Crippen LogP contribution in [0.5, 0.6) is 0 Å². The first-order valence-corrected chi connectivity index (χ1v) is 7.40. The largest absolute Gasteiger partial charge is 0.481 e. The second kappa shape index (κ2) is 5.99. The molecule has 1 N–H and O–H groups in total. The molecule has 20 heavy (non-hydrogen) atoms. The van der Waals surface area contributed by atoms with E-state index in [2.05, 4.69) is 0 Å². The van der Waals surface area contributed by atoms with Gasteiger partial charge in [0.2, 0.25) is 0 Å². The van der Waals surface area contributed by atoms with E-state index in [1.165, 1.54) is 0 Å². The number of urea groups is 1. The molecule has 114 valence electrons. The number of rotatable bonds is 3. The Bertz CT molecular complexity index is 387. The summed E-state index contributed by atoms with van der Waals surface area (Å²) in [5, 5.41) is 9.40. The molecule has 6 heteroatoms. The Morgan fingerprint density at radius 3 is 2.65 bits per heavy atom. The maximum atomic E-state index is 12.6. The second-order valence-electron chi connectivity index (χ2n) is 5.72. The zero-order valence-electron chi connectivity index (χ0n) is 12.3. The van der Waals surface area contributed by atoms with Gasteiger partial charge in [0.25, 0.3) is 0 Å². The van der Waals surface area contributed by atoms with Crippen LogP contribution in [-0.4, -0.2) is 65.8 Å². The smallest absolute Gasteiger partial charge is 0.320 e. The topological polar surface area (TPSA) is 70.1 Å². The third kappa shape index (κ3) is 2.61. The average molecular weight is 284 g/mol. The van der Waals surface area contributed by atoms with Crippen molar-refractivity contribution < 1.29 is 19.4 Å². The van der Waals surface area contributed by atoms with Gasteiger partial charge in [0.05, 0.1) is 24.7 Å². The van der Waals surface area contributed by atoms with Crippen LogP contribution in [0.25, 0.3) is 0 Å². The maximum absolute atomic E-state index is 12.6. The summed E-state index contributed by atoms with van der Waals surface area (Å²) in [5.74, 6) is -0.788. The van der Waals surface area contributed by atoms with Gasteiger partial charge in [-0.25, -0.2) is 4.79 Å². The molecule has 2 saturated heterocycles. The summed E-state index contributed by atoms with van der Waals surface area (Å²) < 4.78 is 5.41. The van der Waals surface area contributed by atoms with Gasteiger partial charge in [-0.2, -0.15) is 0 Å². The van der Waals surface area contributed by atoms with Crippen molar-refractivity contribution >= 4 is 12.0 Å². The van der Waals surface area contributed by atoms with Gasteiger partial charge in [-0.1, -0.05) is 13.8 Å². The minimum Gasteiger partial charge on any atom is -0.481 e. The van der Waals surface area contributed by atoms with Crippen molar-refractivity contribution in [2.45, 2.75) is 39.2 Å². The van der Waals surface area contributed by atoms with Gasteiger partial charge in [0.1, 0.15) is 0 Å². The van der Waals surface area contributed by atoms with E-state index in [4.69, 9.17) is 4.74 Å². The molecule has 2 fully saturated rings. The van der Waals surface area contributed by atoms with E-state index >= 15 is 0 Å². The third-order valence-corrected chi connectivity index (χ3v) is 4.70. The summed E-state index contributed by atoms with van der Waals surface area (Å²) in [5.41, 5.74) is -0.760. The minimum atomic E-state index is -0.788. The van der Waals surface area contributed by atoms with Crippen molar-refractivity contribution in [1.82, 2.24) is 9.80 Å². The fourth-order valence-corrected chi connectivity index (χ4v) is 3.08. The van der Waals surface area contributed by atoms with Crippen LogP contribution in [0.1, 0.15) is 33.1 Å². The molecule has 2 aliphatic rings. The third-order valence-electron chi connectivity index (χ3n) is 4.70. The van der Waals surface area contributed by atoms with Crippen molar-refractivity contribution in [3.05, 3.63) is 0 Å². The highest BCUT2D eigenvalue weighted by atomic mass is 16.5. The van der Waals surface area contributed by atoms with Crippen LogP contribution in [0, 0.1) is 5.41 Å². The fraction of sp³-hybridized carbons (Fsp3) is 0.857. The van der Waals surface area contributed by atoms with E-state index in [1.54, 1.807) is 4.90 Å². The SMILES string of the molecule is CCC1COCCN1C(=O)N1CCC(CC)(C(=O)O)C1. The normalized spacial score (nSPS) is 30.6. The molecule has 0 saturated carbocycles. The number of carbonyl (C=O) groups is 2. The summed E-state index contributed by atoms with van der Waals surface area (Å²) >= 11 is 0.